The van der Waals surface area contributed by atoms with Crippen molar-refractivity contribution in [2.45, 2.75) is 44.9 Å². The van der Waals surface area contributed by atoms with Crippen LogP contribution in [0.25, 0.3) is 22.4 Å². The molecule has 0 spiro atoms. The number of carbonyl (C=O) groups is 2. The minimum Gasteiger partial charge on any atom is -0.462 e. The Morgan fingerprint density at radius 2 is 1.41 bits per heavy atom. The summed E-state index contributed by atoms with van der Waals surface area (Å²) in [5.74, 6) is -1.00. The van der Waals surface area contributed by atoms with Crippen molar-refractivity contribution in [3.63, 3.8) is 0 Å². The van der Waals surface area contributed by atoms with Crippen LogP contribution in [0.2, 0.25) is 5.02 Å². The molecular formula is C34H31ClF3NO5. The average molecular weight is 626 g/mol. The third kappa shape index (κ3) is 7.46. The van der Waals surface area contributed by atoms with Gasteiger partial charge in [-0.05, 0) is 97.8 Å². The third-order valence-electron chi connectivity index (χ3n) is 7.12. The number of aryl methyl sites for hydroxylation is 1. The Labute approximate surface area is 258 Å². The first kappa shape index (κ1) is 32.7. The zero-order valence-electron chi connectivity index (χ0n) is 24.2. The number of aliphatic hydroxyl groups is 1. The summed E-state index contributed by atoms with van der Waals surface area (Å²) in [7, 11) is 0. The lowest BCUT2D eigenvalue weighted by Gasteiger charge is -2.31. The maximum absolute atomic E-state index is 14.4. The average Bonchev–Trinajstić information content (AvgIpc) is 3.01. The van der Waals surface area contributed by atoms with E-state index < -0.39 is 30.1 Å². The van der Waals surface area contributed by atoms with Gasteiger partial charge < -0.3 is 14.6 Å². The molecule has 0 aliphatic carbocycles. The number of pyridine rings is 1. The Morgan fingerprint density at radius 1 is 0.818 bits per heavy atom. The van der Waals surface area contributed by atoms with E-state index in [1.807, 2.05) is 6.07 Å². The summed E-state index contributed by atoms with van der Waals surface area (Å²) >= 11 is 6.51. The van der Waals surface area contributed by atoms with Crippen LogP contribution in [-0.4, -0.2) is 41.4 Å². The minimum atomic E-state index is -4.98. The molecule has 230 valence electrons. The highest BCUT2D eigenvalue weighted by Gasteiger charge is 2.54. The summed E-state index contributed by atoms with van der Waals surface area (Å²) < 4.78 is 53.2. The number of carbonyl (C=O) groups excluding carboxylic acids is 2. The van der Waals surface area contributed by atoms with Gasteiger partial charge in [0.05, 0.1) is 30.0 Å². The Morgan fingerprint density at radius 3 is 2.00 bits per heavy atom. The molecule has 0 aliphatic heterocycles. The molecule has 0 unspecified atom stereocenters. The second kappa shape index (κ2) is 14.1. The number of halogens is 4. The van der Waals surface area contributed by atoms with Gasteiger partial charge in [-0.3, -0.25) is 4.98 Å². The summed E-state index contributed by atoms with van der Waals surface area (Å²) in [5, 5.41) is 11.4. The van der Waals surface area contributed by atoms with Crippen LogP contribution in [0.3, 0.4) is 0 Å². The maximum atomic E-state index is 14.4. The lowest BCUT2D eigenvalue weighted by atomic mass is 9.86. The molecule has 10 heteroatoms. The third-order valence-corrected chi connectivity index (χ3v) is 7.47. The quantitative estimate of drug-likeness (QED) is 0.169. The SMILES string of the molecule is CCOC(=O)c1cccc(-c2ccc(CCC[C@@](O)(c3ccnc(-c4cccc(C(=O)OCC)c4)c3)C(F)(F)F)c(Cl)c2)c1. The van der Waals surface area contributed by atoms with Gasteiger partial charge >= 0.3 is 18.1 Å². The van der Waals surface area contributed by atoms with Gasteiger partial charge in [-0.15, -0.1) is 0 Å². The molecule has 6 nitrogen and oxygen atoms in total. The van der Waals surface area contributed by atoms with E-state index in [9.17, 15) is 27.9 Å². The van der Waals surface area contributed by atoms with Gasteiger partial charge in [0.25, 0.3) is 0 Å². The summed E-state index contributed by atoms with van der Waals surface area (Å²) in [6.45, 7) is 3.82. The van der Waals surface area contributed by atoms with Crippen molar-refractivity contribution in [1.82, 2.24) is 4.98 Å². The highest BCUT2D eigenvalue weighted by atomic mass is 35.5. The maximum Gasteiger partial charge on any atom is 0.421 e. The highest BCUT2D eigenvalue weighted by molar-refractivity contribution is 6.31. The Kier molecular flexibility index (Phi) is 10.4. The smallest absolute Gasteiger partial charge is 0.421 e. The predicted molar refractivity (Wildman–Crippen MR) is 161 cm³/mol. The molecule has 1 aromatic heterocycles. The topological polar surface area (TPSA) is 85.7 Å². The summed E-state index contributed by atoms with van der Waals surface area (Å²) in [5.41, 5.74) is -0.233. The highest BCUT2D eigenvalue weighted by Crippen LogP contribution is 2.43. The normalized spacial score (nSPS) is 12.8. The van der Waals surface area contributed by atoms with Gasteiger partial charge in [0, 0.05) is 16.8 Å². The van der Waals surface area contributed by atoms with E-state index in [-0.39, 0.29) is 42.9 Å². The van der Waals surface area contributed by atoms with E-state index in [1.54, 1.807) is 62.4 Å². The number of hydrogen-bond donors (Lipinski definition) is 1. The van der Waals surface area contributed by atoms with Crippen molar-refractivity contribution in [3.05, 3.63) is 112 Å². The fourth-order valence-electron chi connectivity index (χ4n) is 4.82. The molecule has 4 aromatic rings. The van der Waals surface area contributed by atoms with Crippen molar-refractivity contribution in [1.29, 1.82) is 0 Å². The van der Waals surface area contributed by atoms with E-state index >= 15 is 0 Å². The number of nitrogens with zero attached hydrogens (tertiary/aromatic N) is 1. The summed E-state index contributed by atoms with van der Waals surface area (Å²) in [6.07, 6.45) is -4.24. The van der Waals surface area contributed by atoms with E-state index in [1.165, 1.54) is 24.4 Å². The number of alkyl halides is 3. The van der Waals surface area contributed by atoms with Gasteiger partial charge in [-0.2, -0.15) is 13.2 Å². The molecule has 0 aliphatic rings. The van der Waals surface area contributed by atoms with Crippen LogP contribution in [0, 0.1) is 0 Å². The van der Waals surface area contributed by atoms with Crippen LogP contribution in [0.5, 0.6) is 0 Å². The van der Waals surface area contributed by atoms with Crippen molar-refractivity contribution < 1.29 is 37.3 Å². The molecule has 0 radical (unpaired) electrons. The van der Waals surface area contributed by atoms with Gasteiger partial charge in [-0.1, -0.05) is 48.0 Å². The monoisotopic (exact) mass is 625 g/mol. The predicted octanol–water partition coefficient (Wildman–Crippen LogP) is 8.20. The number of rotatable bonds is 11. The van der Waals surface area contributed by atoms with Gasteiger partial charge in [-0.25, -0.2) is 9.59 Å². The first-order valence-electron chi connectivity index (χ1n) is 14.1. The van der Waals surface area contributed by atoms with Gasteiger partial charge in [0.15, 0.2) is 5.60 Å². The molecular weight excluding hydrogens is 595 g/mol. The van der Waals surface area contributed by atoms with Crippen LogP contribution in [0.4, 0.5) is 13.2 Å². The fourth-order valence-corrected chi connectivity index (χ4v) is 5.09. The number of hydrogen-bond acceptors (Lipinski definition) is 6. The molecule has 0 fully saturated rings. The van der Waals surface area contributed by atoms with E-state index in [2.05, 4.69) is 4.98 Å². The number of ether oxygens (including phenoxy) is 2. The van der Waals surface area contributed by atoms with E-state index in [4.69, 9.17) is 21.1 Å². The largest absolute Gasteiger partial charge is 0.462 e. The van der Waals surface area contributed by atoms with E-state index in [0.717, 1.165) is 17.2 Å². The van der Waals surface area contributed by atoms with Crippen molar-refractivity contribution in [3.8, 4) is 22.4 Å². The lowest BCUT2D eigenvalue weighted by Crippen LogP contribution is -2.42. The first-order valence-corrected chi connectivity index (χ1v) is 14.4. The second-order valence-electron chi connectivity index (χ2n) is 10.1. The molecule has 0 bridgehead atoms. The standard InChI is InChI=1S/C34H31ClF3NO5/c1-3-43-31(40)26-10-5-8-23(18-26)24-14-13-22(29(35)20-24)12-7-16-33(42,34(36,37)38)28-15-17-39-30(21-28)25-9-6-11-27(19-25)32(41)44-4-2/h5-6,8-11,13-15,17-21,42H,3-4,7,12,16H2,1-2H3/t33-/m1/s1. The molecule has 1 heterocycles. The van der Waals surface area contributed by atoms with Crippen LogP contribution >= 0.6 is 11.6 Å². The molecule has 0 saturated carbocycles. The molecule has 1 atom stereocenters. The van der Waals surface area contributed by atoms with E-state index in [0.29, 0.717) is 21.7 Å². The van der Waals surface area contributed by atoms with Crippen molar-refractivity contribution in [2.75, 3.05) is 13.2 Å². The molecule has 3 aromatic carbocycles. The first-order chi connectivity index (χ1) is 21.0. The van der Waals surface area contributed by atoms with Crippen molar-refractivity contribution >= 4 is 23.5 Å². The van der Waals surface area contributed by atoms with Crippen LogP contribution in [0.15, 0.2) is 85.1 Å². The fraction of sp³-hybridized carbons (Fsp3) is 0.265. The molecule has 44 heavy (non-hydrogen) atoms. The summed E-state index contributed by atoms with van der Waals surface area (Å²) in [6, 6.07) is 20.6. The molecule has 1 N–H and O–H groups in total. The van der Waals surface area contributed by atoms with Gasteiger partial charge in [0.2, 0.25) is 0 Å². The second-order valence-corrected chi connectivity index (χ2v) is 10.5. The Bertz CT molecular complexity index is 1640. The van der Waals surface area contributed by atoms with Crippen LogP contribution in [-0.2, 0) is 21.5 Å². The summed E-state index contributed by atoms with van der Waals surface area (Å²) in [4.78, 5) is 28.4. The molecule has 4 rings (SSSR count). The van der Waals surface area contributed by atoms with Crippen LogP contribution < -0.4 is 0 Å². The molecule has 0 amide bonds. The Hall–Kier alpha value is -4.21. The van der Waals surface area contributed by atoms with Crippen LogP contribution in [0.1, 0.15) is 58.5 Å². The van der Waals surface area contributed by atoms with Gasteiger partial charge in [0.1, 0.15) is 0 Å². The van der Waals surface area contributed by atoms with Crippen molar-refractivity contribution in [2.24, 2.45) is 0 Å². The molecule has 0 saturated heterocycles. The zero-order chi connectivity index (χ0) is 31.9. The minimum absolute atomic E-state index is 0.0244. The Balaban J connectivity index is 1.52. The number of aromatic nitrogens is 1. The zero-order valence-corrected chi connectivity index (χ0v) is 24.9. The lowest BCUT2D eigenvalue weighted by molar-refractivity contribution is -0.269. The number of esters is 2. The number of benzene rings is 3.